The Hall–Kier alpha value is -3.38. The fourth-order valence-corrected chi connectivity index (χ4v) is 6.03. The Labute approximate surface area is 254 Å². The van der Waals surface area contributed by atoms with Crippen LogP contribution in [0.15, 0.2) is 31.0 Å². The number of aromatic nitrogens is 3. The first-order valence-corrected chi connectivity index (χ1v) is 14.4. The summed E-state index contributed by atoms with van der Waals surface area (Å²) >= 11 is 13.5. The molecule has 2 unspecified atom stereocenters. The van der Waals surface area contributed by atoms with Crippen LogP contribution < -0.4 is 25.0 Å². The van der Waals surface area contributed by atoms with E-state index in [0.717, 1.165) is 5.39 Å². The summed E-state index contributed by atoms with van der Waals surface area (Å²) in [5, 5.41) is 7.74. The van der Waals surface area contributed by atoms with Crippen LogP contribution in [0.1, 0.15) is 20.3 Å². The molecule has 2 aliphatic rings. The summed E-state index contributed by atoms with van der Waals surface area (Å²) in [5.41, 5.74) is 0.993. The topological polar surface area (TPSA) is 120 Å². The first kappa shape index (κ1) is 30.1. The van der Waals surface area contributed by atoms with Crippen molar-refractivity contribution in [3.63, 3.8) is 0 Å². The summed E-state index contributed by atoms with van der Waals surface area (Å²) in [6, 6.07) is 3.20. The van der Waals surface area contributed by atoms with Gasteiger partial charge >= 0.3 is 0 Å². The molecule has 3 aromatic rings. The van der Waals surface area contributed by atoms with Crippen molar-refractivity contribution in [1.82, 2.24) is 20.3 Å². The molecule has 2 N–H and O–H groups in total. The standard InChI is InChI=1S/C29H34Cl2N6O5/c1-6-24(38)34-18-7-8-41-14-20(18)33-23-9-17-19(11-32-23)35-28(36-29(17)37-12-15(2)42-16(3)13-37)25-26(30)21(39-4)10-22(40-5)27(25)31/h6,9-11,15-16,18,20H,1,7-8,12-14H2,2-5H3,(H,32,33)(H,34,38)/t15?,16?,18-,20+/m0/s1. The first-order valence-electron chi connectivity index (χ1n) is 13.7. The number of pyridine rings is 1. The van der Waals surface area contributed by atoms with Crippen molar-refractivity contribution in [2.75, 3.05) is 50.7 Å². The molecule has 1 amide bonds. The molecular formula is C29H34Cl2N6O5. The number of hydrogen-bond acceptors (Lipinski definition) is 10. The molecule has 224 valence electrons. The van der Waals surface area contributed by atoms with Crippen LogP contribution in [0.3, 0.4) is 0 Å². The Kier molecular flexibility index (Phi) is 9.22. The highest BCUT2D eigenvalue weighted by atomic mass is 35.5. The molecule has 0 spiro atoms. The molecule has 13 heteroatoms. The third-order valence-corrected chi connectivity index (χ3v) is 8.03. The molecule has 0 aliphatic carbocycles. The Bertz CT molecular complexity index is 1450. The van der Waals surface area contributed by atoms with Crippen LogP contribution >= 0.6 is 23.2 Å². The number of anilines is 2. The summed E-state index contributed by atoms with van der Waals surface area (Å²) in [6.07, 6.45) is 3.58. The molecule has 0 bridgehead atoms. The molecule has 0 radical (unpaired) electrons. The van der Waals surface area contributed by atoms with Crippen molar-refractivity contribution in [2.24, 2.45) is 0 Å². The number of rotatable bonds is 8. The molecule has 11 nitrogen and oxygen atoms in total. The number of nitrogens with zero attached hydrogens (tertiary/aromatic N) is 4. The third-order valence-electron chi connectivity index (χ3n) is 7.28. The van der Waals surface area contributed by atoms with Crippen LogP contribution in [0.25, 0.3) is 22.3 Å². The van der Waals surface area contributed by atoms with E-state index in [1.165, 1.54) is 20.3 Å². The Morgan fingerprint density at radius 2 is 1.79 bits per heavy atom. The zero-order valence-electron chi connectivity index (χ0n) is 23.9. The summed E-state index contributed by atoms with van der Waals surface area (Å²) < 4.78 is 22.7. The average Bonchev–Trinajstić information content (AvgIpc) is 2.97. The van der Waals surface area contributed by atoms with E-state index < -0.39 is 0 Å². The van der Waals surface area contributed by atoms with Crippen LogP contribution in [0.4, 0.5) is 11.6 Å². The van der Waals surface area contributed by atoms with Crippen LogP contribution in [0.5, 0.6) is 11.5 Å². The predicted molar refractivity (Wildman–Crippen MR) is 163 cm³/mol. The quantitative estimate of drug-likeness (QED) is 0.350. The number of benzene rings is 1. The second kappa shape index (κ2) is 12.9. The van der Waals surface area contributed by atoms with Gasteiger partial charge in [-0.15, -0.1) is 0 Å². The molecule has 2 saturated heterocycles. The van der Waals surface area contributed by atoms with Gasteiger partial charge < -0.3 is 34.5 Å². The number of nitrogens with one attached hydrogen (secondary N) is 2. The normalized spacial score (nSPS) is 22.5. The lowest BCUT2D eigenvalue weighted by atomic mass is 10.0. The Morgan fingerprint density at radius 3 is 2.43 bits per heavy atom. The van der Waals surface area contributed by atoms with Crippen LogP contribution in [0, 0.1) is 0 Å². The van der Waals surface area contributed by atoms with Crippen LogP contribution in [-0.4, -0.2) is 85.7 Å². The van der Waals surface area contributed by atoms with Crippen molar-refractivity contribution in [2.45, 2.75) is 44.6 Å². The fraction of sp³-hybridized carbons (Fsp3) is 0.448. The van der Waals surface area contributed by atoms with Crippen LogP contribution in [0.2, 0.25) is 10.0 Å². The lowest BCUT2D eigenvalue weighted by Crippen LogP contribution is -2.52. The SMILES string of the molecule is C=CC(=O)N[C@H]1CCOC[C@H]1Nc1cc2c(N3CC(C)OC(C)C3)nc(-c3c(Cl)c(OC)cc(OC)c3Cl)nc2cn1. The second-order valence-electron chi connectivity index (χ2n) is 10.3. The number of morpholine rings is 1. The molecule has 0 saturated carbocycles. The van der Waals surface area contributed by atoms with Gasteiger partial charge in [0.25, 0.3) is 0 Å². The third kappa shape index (κ3) is 6.19. The minimum Gasteiger partial charge on any atom is -0.495 e. The molecule has 42 heavy (non-hydrogen) atoms. The van der Waals surface area contributed by atoms with Gasteiger partial charge in [0.2, 0.25) is 5.91 Å². The largest absolute Gasteiger partial charge is 0.495 e. The summed E-state index contributed by atoms with van der Waals surface area (Å²) in [6.45, 7) is 9.83. The van der Waals surface area contributed by atoms with Crippen molar-refractivity contribution in [1.29, 1.82) is 0 Å². The van der Waals surface area contributed by atoms with E-state index in [4.69, 9.17) is 52.1 Å². The molecule has 1 aromatic carbocycles. The van der Waals surface area contributed by atoms with Crippen molar-refractivity contribution < 1.29 is 23.7 Å². The van der Waals surface area contributed by atoms with Gasteiger partial charge in [-0.2, -0.15) is 0 Å². The lowest BCUT2D eigenvalue weighted by molar-refractivity contribution is -0.117. The van der Waals surface area contributed by atoms with E-state index in [1.54, 1.807) is 12.3 Å². The Balaban J connectivity index is 1.61. The highest BCUT2D eigenvalue weighted by Crippen LogP contribution is 2.46. The van der Waals surface area contributed by atoms with E-state index >= 15 is 0 Å². The van der Waals surface area contributed by atoms with E-state index in [-0.39, 0.29) is 40.2 Å². The second-order valence-corrected chi connectivity index (χ2v) is 11.1. The molecule has 4 atom stereocenters. The number of fused-ring (bicyclic) bond motifs is 1. The Morgan fingerprint density at radius 1 is 1.10 bits per heavy atom. The lowest BCUT2D eigenvalue weighted by Gasteiger charge is -2.36. The van der Waals surface area contributed by atoms with Crippen molar-refractivity contribution >= 4 is 51.6 Å². The van der Waals surface area contributed by atoms with E-state index in [0.29, 0.717) is 72.8 Å². The maximum Gasteiger partial charge on any atom is 0.243 e. The number of hydrogen-bond donors (Lipinski definition) is 2. The zero-order chi connectivity index (χ0) is 30.0. The zero-order valence-corrected chi connectivity index (χ0v) is 25.5. The van der Waals surface area contributed by atoms with Crippen molar-refractivity contribution in [3.05, 3.63) is 41.0 Å². The number of ether oxygens (including phenoxy) is 4. The van der Waals surface area contributed by atoms with E-state index in [9.17, 15) is 4.79 Å². The van der Waals surface area contributed by atoms with Gasteiger partial charge in [0.1, 0.15) is 23.1 Å². The maximum absolute atomic E-state index is 12.0. The van der Waals surface area contributed by atoms with Gasteiger partial charge in [0.15, 0.2) is 5.82 Å². The number of halogens is 2. The van der Waals surface area contributed by atoms with Gasteiger partial charge in [0, 0.05) is 31.1 Å². The van der Waals surface area contributed by atoms with E-state index in [2.05, 4.69) is 27.1 Å². The van der Waals surface area contributed by atoms with Gasteiger partial charge in [-0.05, 0) is 32.4 Å². The summed E-state index contributed by atoms with van der Waals surface area (Å²) in [5.74, 6) is 2.14. The molecule has 5 rings (SSSR count). The fourth-order valence-electron chi connectivity index (χ4n) is 5.37. The molecule has 4 heterocycles. The predicted octanol–water partition coefficient (Wildman–Crippen LogP) is 4.50. The van der Waals surface area contributed by atoms with Gasteiger partial charge in [-0.1, -0.05) is 29.8 Å². The maximum atomic E-state index is 12.0. The van der Waals surface area contributed by atoms with Gasteiger partial charge in [-0.25, -0.2) is 15.0 Å². The van der Waals surface area contributed by atoms with Crippen LogP contribution in [-0.2, 0) is 14.3 Å². The molecule has 2 aliphatic heterocycles. The van der Waals surface area contributed by atoms with Crippen molar-refractivity contribution in [3.8, 4) is 22.9 Å². The highest BCUT2D eigenvalue weighted by Gasteiger charge is 2.30. The average molecular weight is 618 g/mol. The smallest absolute Gasteiger partial charge is 0.243 e. The summed E-state index contributed by atoms with van der Waals surface area (Å²) in [4.78, 5) is 28.7. The first-order chi connectivity index (χ1) is 20.2. The minimum atomic E-state index is -0.231. The molecule has 2 aromatic heterocycles. The minimum absolute atomic E-state index is 0.0145. The highest BCUT2D eigenvalue weighted by molar-refractivity contribution is 6.41. The van der Waals surface area contributed by atoms with Gasteiger partial charge in [-0.3, -0.25) is 4.79 Å². The monoisotopic (exact) mass is 616 g/mol. The number of methoxy groups -OCH3 is 2. The summed E-state index contributed by atoms with van der Waals surface area (Å²) in [7, 11) is 3.04. The number of amides is 1. The van der Waals surface area contributed by atoms with Gasteiger partial charge in [0.05, 0.1) is 72.4 Å². The van der Waals surface area contributed by atoms with E-state index in [1.807, 2.05) is 19.9 Å². The number of carbonyl (C=O) groups is 1. The molecular weight excluding hydrogens is 583 g/mol. The number of carbonyl (C=O) groups excluding carboxylic acids is 1. The molecule has 2 fully saturated rings.